The summed E-state index contributed by atoms with van der Waals surface area (Å²) in [6, 6.07) is 5.56. The quantitative estimate of drug-likeness (QED) is 0.815. The average molecular weight is 393 g/mol. The van der Waals surface area contributed by atoms with Crippen molar-refractivity contribution in [2.24, 2.45) is 29.1 Å². The normalized spacial score (nSPS) is 37.0. The third kappa shape index (κ3) is 2.87. The number of carboxylic acid groups (broad SMARTS) is 1. The third-order valence-corrected chi connectivity index (χ3v) is 8.02. The molecule has 2 atom stereocenters. The summed E-state index contributed by atoms with van der Waals surface area (Å²) in [6.45, 7) is 0.775. The van der Waals surface area contributed by atoms with Gasteiger partial charge in [-0.1, -0.05) is 6.07 Å². The molecule has 1 amide bonds. The molecule has 6 nitrogen and oxygen atoms in total. The molecule has 0 aromatic carbocycles. The molecule has 2 unspecified atom stereocenters. The second-order valence-corrected chi connectivity index (χ2v) is 10.2. The van der Waals surface area contributed by atoms with E-state index in [1.807, 2.05) is 28.8 Å². The van der Waals surface area contributed by atoms with Crippen LogP contribution < -0.4 is 5.32 Å². The Hall–Kier alpha value is -2.37. The number of amides is 1. The molecule has 4 bridgehead atoms. The first kappa shape index (κ1) is 17.5. The number of pyridine rings is 1. The van der Waals surface area contributed by atoms with Crippen molar-refractivity contribution in [1.29, 1.82) is 0 Å². The van der Waals surface area contributed by atoms with E-state index in [0.29, 0.717) is 23.2 Å². The highest BCUT2D eigenvalue weighted by Crippen LogP contribution is 2.59. The van der Waals surface area contributed by atoms with Gasteiger partial charge in [-0.25, -0.2) is 4.98 Å². The first-order valence-electron chi connectivity index (χ1n) is 11.0. The molecular formula is C23H27N3O3. The van der Waals surface area contributed by atoms with Crippen LogP contribution in [0.1, 0.15) is 67.0 Å². The minimum Gasteiger partial charge on any atom is -0.481 e. The molecule has 2 aromatic rings. The fourth-order valence-electron chi connectivity index (χ4n) is 7.05. The van der Waals surface area contributed by atoms with E-state index in [9.17, 15) is 14.7 Å². The van der Waals surface area contributed by atoms with Crippen molar-refractivity contribution in [3.8, 4) is 0 Å². The fraction of sp³-hybridized carbons (Fsp3) is 0.609. The van der Waals surface area contributed by atoms with E-state index in [2.05, 4.69) is 10.3 Å². The molecule has 5 saturated carbocycles. The Morgan fingerprint density at radius 2 is 1.79 bits per heavy atom. The first-order valence-corrected chi connectivity index (χ1v) is 11.0. The fourth-order valence-corrected chi connectivity index (χ4v) is 7.05. The SMILES string of the molecule is O=C(NCC12CC3CC(CC(C3)C1)C2)c1cccc2nc(C3CC3C(=O)O)cn12. The van der Waals surface area contributed by atoms with Gasteiger partial charge in [0.05, 0.1) is 11.6 Å². The predicted octanol–water partition coefficient (Wildman–Crippen LogP) is 3.47. The van der Waals surface area contributed by atoms with Gasteiger partial charge >= 0.3 is 5.97 Å². The largest absolute Gasteiger partial charge is 0.481 e. The molecule has 5 fully saturated rings. The zero-order chi connectivity index (χ0) is 19.8. The number of rotatable bonds is 5. The van der Waals surface area contributed by atoms with Crippen LogP contribution in [-0.4, -0.2) is 32.9 Å². The minimum atomic E-state index is -0.763. The minimum absolute atomic E-state index is 0.0321. The van der Waals surface area contributed by atoms with Gasteiger partial charge in [0, 0.05) is 18.7 Å². The number of carbonyl (C=O) groups is 2. The number of fused-ring (bicyclic) bond motifs is 1. The molecule has 0 spiro atoms. The lowest BCUT2D eigenvalue weighted by Crippen LogP contribution is -2.51. The van der Waals surface area contributed by atoms with Crippen LogP contribution in [0.4, 0.5) is 0 Å². The summed E-state index contributed by atoms with van der Waals surface area (Å²) in [4.78, 5) is 28.8. The average Bonchev–Trinajstić information content (AvgIpc) is 3.37. The second kappa shape index (κ2) is 6.07. The number of imidazole rings is 1. The van der Waals surface area contributed by atoms with Crippen LogP contribution in [0.15, 0.2) is 24.4 Å². The summed E-state index contributed by atoms with van der Waals surface area (Å²) in [7, 11) is 0. The van der Waals surface area contributed by atoms with Gasteiger partial charge in [-0.3, -0.25) is 14.0 Å². The number of hydrogen-bond acceptors (Lipinski definition) is 3. The van der Waals surface area contributed by atoms with Crippen molar-refractivity contribution in [2.75, 3.05) is 6.54 Å². The van der Waals surface area contributed by atoms with Crippen LogP contribution in [0, 0.1) is 29.1 Å². The Bertz CT molecular complexity index is 975. The molecule has 0 saturated heterocycles. The van der Waals surface area contributed by atoms with Crippen molar-refractivity contribution in [3.63, 3.8) is 0 Å². The number of nitrogens with zero attached hydrogens (tertiary/aromatic N) is 2. The zero-order valence-electron chi connectivity index (χ0n) is 16.5. The Kier molecular flexibility index (Phi) is 3.66. The van der Waals surface area contributed by atoms with Crippen LogP contribution in [0.5, 0.6) is 0 Å². The monoisotopic (exact) mass is 393 g/mol. The van der Waals surface area contributed by atoms with Crippen LogP contribution in [0.2, 0.25) is 0 Å². The molecule has 29 heavy (non-hydrogen) atoms. The van der Waals surface area contributed by atoms with E-state index in [0.717, 1.165) is 30.0 Å². The molecule has 6 heteroatoms. The molecule has 2 heterocycles. The van der Waals surface area contributed by atoms with Gasteiger partial charge in [-0.05, 0) is 80.2 Å². The van der Waals surface area contributed by atoms with Crippen molar-refractivity contribution in [1.82, 2.24) is 14.7 Å². The van der Waals surface area contributed by atoms with Crippen LogP contribution in [-0.2, 0) is 4.79 Å². The molecule has 0 aliphatic heterocycles. The first-order chi connectivity index (χ1) is 14.0. The Morgan fingerprint density at radius 3 is 2.41 bits per heavy atom. The number of carboxylic acids is 1. The highest BCUT2D eigenvalue weighted by atomic mass is 16.4. The standard InChI is InChI=1S/C23H27N3O3/c27-21(24-12-23-8-13-4-14(9-23)6-15(5-13)10-23)19-2-1-3-20-25-18(11-26(19)20)16-7-17(16)22(28)29/h1-3,11,13-17H,4-10,12H2,(H,24,27)(H,28,29). The van der Waals surface area contributed by atoms with Crippen molar-refractivity contribution in [3.05, 3.63) is 35.8 Å². The van der Waals surface area contributed by atoms with Gasteiger partial charge < -0.3 is 10.4 Å². The van der Waals surface area contributed by atoms with Crippen molar-refractivity contribution in [2.45, 2.75) is 50.9 Å². The molecule has 0 radical (unpaired) electrons. The summed E-state index contributed by atoms with van der Waals surface area (Å²) in [6.07, 6.45) is 10.5. The molecule has 2 aromatic heterocycles. The lowest BCUT2D eigenvalue weighted by atomic mass is 9.49. The highest BCUT2D eigenvalue weighted by Gasteiger charge is 2.51. The maximum Gasteiger partial charge on any atom is 0.307 e. The summed E-state index contributed by atoms with van der Waals surface area (Å²) >= 11 is 0. The lowest BCUT2D eigenvalue weighted by Gasteiger charge is -2.56. The van der Waals surface area contributed by atoms with Crippen LogP contribution >= 0.6 is 0 Å². The molecular weight excluding hydrogens is 366 g/mol. The zero-order valence-corrected chi connectivity index (χ0v) is 16.5. The van der Waals surface area contributed by atoms with Gasteiger partial charge in [0.15, 0.2) is 0 Å². The topological polar surface area (TPSA) is 83.7 Å². The number of hydrogen-bond donors (Lipinski definition) is 2. The van der Waals surface area contributed by atoms with Crippen molar-refractivity contribution < 1.29 is 14.7 Å². The van der Waals surface area contributed by atoms with Gasteiger partial charge in [-0.15, -0.1) is 0 Å². The molecule has 152 valence electrons. The van der Waals surface area contributed by atoms with E-state index in [4.69, 9.17) is 0 Å². The number of nitrogens with one attached hydrogen (secondary N) is 1. The molecule has 7 rings (SSSR count). The molecule has 5 aliphatic rings. The predicted molar refractivity (Wildman–Crippen MR) is 107 cm³/mol. The van der Waals surface area contributed by atoms with E-state index in [1.54, 1.807) is 0 Å². The number of carbonyl (C=O) groups excluding carboxylic acids is 1. The van der Waals surface area contributed by atoms with E-state index < -0.39 is 5.97 Å². The Labute approximate surface area is 169 Å². The summed E-state index contributed by atoms with van der Waals surface area (Å²) in [5.74, 6) is 1.43. The highest BCUT2D eigenvalue weighted by molar-refractivity contribution is 5.93. The van der Waals surface area contributed by atoms with E-state index in [-0.39, 0.29) is 17.7 Å². The van der Waals surface area contributed by atoms with Gasteiger partial charge in [0.1, 0.15) is 11.3 Å². The summed E-state index contributed by atoms with van der Waals surface area (Å²) in [5.41, 5.74) is 2.37. The van der Waals surface area contributed by atoms with Crippen LogP contribution in [0.3, 0.4) is 0 Å². The second-order valence-electron chi connectivity index (χ2n) is 10.2. The number of aromatic nitrogens is 2. The third-order valence-electron chi connectivity index (χ3n) is 8.02. The Balaban J connectivity index is 1.21. The summed E-state index contributed by atoms with van der Waals surface area (Å²) in [5, 5.41) is 12.4. The van der Waals surface area contributed by atoms with Gasteiger partial charge in [0.2, 0.25) is 0 Å². The smallest absolute Gasteiger partial charge is 0.307 e. The molecule has 5 aliphatic carbocycles. The summed E-state index contributed by atoms with van der Waals surface area (Å²) < 4.78 is 1.82. The van der Waals surface area contributed by atoms with E-state index >= 15 is 0 Å². The van der Waals surface area contributed by atoms with Gasteiger partial charge in [0.25, 0.3) is 5.91 Å². The Morgan fingerprint density at radius 1 is 1.10 bits per heavy atom. The van der Waals surface area contributed by atoms with Crippen LogP contribution in [0.25, 0.3) is 5.65 Å². The maximum atomic E-state index is 13.1. The number of aliphatic carboxylic acids is 1. The lowest BCUT2D eigenvalue weighted by molar-refractivity contribution is -0.138. The van der Waals surface area contributed by atoms with E-state index in [1.165, 1.54) is 38.5 Å². The van der Waals surface area contributed by atoms with Crippen molar-refractivity contribution >= 4 is 17.5 Å². The van der Waals surface area contributed by atoms with Gasteiger partial charge in [-0.2, -0.15) is 0 Å². The maximum absolute atomic E-state index is 13.1. The molecule has 2 N–H and O–H groups in total.